The van der Waals surface area contributed by atoms with Gasteiger partial charge in [0.05, 0.1) is 26.3 Å². The number of carbonyl (C=O) groups excluding carboxylic acids is 1. The number of aromatic nitrogens is 1. The quantitative estimate of drug-likeness (QED) is 0.345. The first kappa shape index (κ1) is 21.2. The number of amides is 1. The van der Waals surface area contributed by atoms with Gasteiger partial charge < -0.3 is 14.8 Å². The van der Waals surface area contributed by atoms with Crippen LogP contribution in [-0.4, -0.2) is 25.1 Å². The molecule has 0 unspecified atom stereocenters. The summed E-state index contributed by atoms with van der Waals surface area (Å²) in [5.41, 5.74) is 2.68. The Balaban J connectivity index is 1.37. The molecule has 1 amide bonds. The Kier molecular flexibility index (Phi) is 6.74. The van der Waals surface area contributed by atoms with Crippen molar-refractivity contribution in [1.82, 2.24) is 4.98 Å². The second kappa shape index (κ2) is 9.85. The van der Waals surface area contributed by atoms with E-state index < -0.39 is 0 Å². The number of anilines is 1. The van der Waals surface area contributed by atoms with Gasteiger partial charge in [0.1, 0.15) is 15.8 Å². The SMILES string of the molecule is COc1cc(CSc2nc(CC(=O)Nc3cccc4ccccc34)cs2)cc(OC)c1. The predicted octanol–water partition coefficient (Wildman–Crippen LogP) is 5.79. The molecule has 158 valence electrons. The van der Waals surface area contributed by atoms with Crippen LogP contribution in [0.15, 0.2) is 70.4 Å². The predicted molar refractivity (Wildman–Crippen MR) is 128 cm³/mol. The molecule has 0 fully saturated rings. The summed E-state index contributed by atoms with van der Waals surface area (Å²) in [5.74, 6) is 2.19. The number of hydrogen-bond donors (Lipinski definition) is 1. The van der Waals surface area contributed by atoms with Gasteiger partial charge in [0, 0.05) is 28.3 Å². The molecule has 0 aliphatic rings. The molecule has 0 spiro atoms. The van der Waals surface area contributed by atoms with Crippen molar-refractivity contribution < 1.29 is 14.3 Å². The van der Waals surface area contributed by atoms with Crippen molar-refractivity contribution in [1.29, 1.82) is 0 Å². The fourth-order valence-corrected chi connectivity index (χ4v) is 5.00. The number of fused-ring (bicyclic) bond motifs is 1. The summed E-state index contributed by atoms with van der Waals surface area (Å²) >= 11 is 3.18. The van der Waals surface area contributed by atoms with Crippen LogP contribution in [0.1, 0.15) is 11.3 Å². The molecule has 4 rings (SSSR count). The van der Waals surface area contributed by atoms with E-state index in [1.165, 1.54) is 0 Å². The van der Waals surface area contributed by atoms with Crippen molar-refractivity contribution in [2.45, 2.75) is 16.5 Å². The standard InChI is InChI=1S/C24H22N2O3S2/c1-28-19-10-16(11-20(13-19)29-2)14-30-24-25-18(15-31-24)12-23(27)26-22-9-5-7-17-6-3-4-8-21(17)22/h3-11,13,15H,12,14H2,1-2H3,(H,26,27). The van der Waals surface area contributed by atoms with Gasteiger partial charge in [-0.3, -0.25) is 4.79 Å². The Hall–Kier alpha value is -3.03. The van der Waals surface area contributed by atoms with Crippen LogP contribution in [0.3, 0.4) is 0 Å². The third-order valence-corrected chi connectivity index (χ3v) is 6.85. The second-order valence-electron chi connectivity index (χ2n) is 6.87. The Morgan fingerprint density at radius 3 is 2.55 bits per heavy atom. The summed E-state index contributed by atoms with van der Waals surface area (Å²) in [6.07, 6.45) is 0.243. The van der Waals surface area contributed by atoms with Gasteiger partial charge in [-0.1, -0.05) is 48.2 Å². The maximum absolute atomic E-state index is 12.6. The van der Waals surface area contributed by atoms with Crippen molar-refractivity contribution in [2.75, 3.05) is 19.5 Å². The van der Waals surface area contributed by atoms with Crippen LogP contribution in [0.5, 0.6) is 11.5 Å². The van der Waals surface area contributed by atoms with Gasteiger partial charge >= 0.3 is 0 Å². The van der Waals surface area contributed by atoms with E-state index in [9.17, 15) is 4.79 Å². The third-order valence-electron chi connectivity index (χ3n) is 4.71. The van der Waals surface area contributed by atoms with Crippen molar-refractivity contribution in [3.63, 3.8) is 0 Å². The zero-order valence-corrected chi connectivity index (χ0v) is 18.9. The first-order valence-electron chi connectivity index (χ1n) is 9.71. The highest BCUT2D eigenvalue weighted by atomic mass is 32.2. The molecule has 7 heteroatoms. The molecule has 1 aromatic heterocycles. The van der Waals surface area contributed by atoms with E-state index in [2.05, 4.69) is 10.3 Å². The van der Waals surface area contributed by atoms with Gasteiger partial charge in [0.15, 0.2) is 0 Å². The molecule has 4 aromatic rings. The summed E-state index contributed by atoms with van der Waals surface area (Å²) in [7, 11) is 3.28. The number of carbonyl (C=O) groups is 1. The molecule has 0 saturated carbocycles. The molecule has 5 nitrogen and oxygen atoms in total. The smallest absolute Gasteiger partial charge is 0.230 e. The molecule has 0 radical (unpaired) electrons. The Labute approximate surface area is 189 Å². The molecule has 1 N–H and O–H groups in total. The highest BCUT2D eigenvalue weighted by Gasteiger charge is 2.11. The molecule has 31 heavy (non-hydrogen) atoms. The average Bonchev–Trinajstić information content (AvgIpc) is 3.24. The van der Waals surface area contributed by atoms with Crippen molar-refractivity contribution in [3.05, 3.63) is 77.3 Å². The molecular formula is C24H22N2O3S2. The number of rotatable bonds is 8. The van der Waals surface area contributed by atoms with E-state index in [-0.39, 0.29) is 12.3 Å². The van der Waals surface area contributed by atoms with E-state index in [0.29, 0.717) is 0 Å². The molecule has 0 bridgehead atoms. The van der Waals surface area contributed by atoms with Crippen molar-refractivity contribution in [2.24, 2.45) is 0 Å². The van der Waals surface area contributed by atoms with Crippen LogP contribution in [0.25, 0.3) is 10.8 Å². The normalized spacial score (nSPS) is 10.8. The van der Waals surface area contributed by atoms with Gasteiger partial charge in [-0.25, -0.2) is 4.98 Å². The van der Waals surface area contributed by atoms with Crippen LogP contribution in [-0.2, 0) is 17.0 Å². The lowest BCUT2D eigenvalue weighted by Crippen LogP contribution is -2.14. The minimum absolute atomic E-state index is 0.0734. The minimum atomic E-state index is -0.0734. The zero-order valence-electron chi connectivity index (χ0n) is 17.3. The highest BCUT2D eigenvalue weighted by Crippen LogP contribution is 2.30. The van der Waals surface area contributed by atoms with Gasteiger partial charge in [0.2, 0.25) is 5.91 Å². The van der Waals surface area contributed by atoms with Crippen LogP contribution in [0.4, 0.5) is 5.69 Å². The molecule has 0 saturated heterocycles. The lowest BCUT2D eigenvalue weighted by atomic mass is 10.1. The Bertz CT molecular complexity index is 1180. The van der Waals surface area contributed by atoms with Crippen LogP contribution < -0.4 is 14.8 Å². The van der Waals surface area contributed by atoms with E-state index in [1.54, 1.807) is 37.3 Å². The minimum Gasteiger partial charge on any atom is -0.497 e. The average molecular weight is 451 g/mol. The lowest BCUT2D eigenvalue weighted by Gasteiger charge is -2.08. The Morgan fingerprint density at radius 1 is 1.03 bits per heavy atom. The number of nitrogens with one attached hydrogen (secondary N) is 1. The fraction of sp³-hybridized carbons (Fsp3) is 0.167. The third kappa shape index (κ3) is 5.37. The summed E-state index contributed by atoms with van der Waals surface area (Å²) in [6, 6.07) is 19.7. The topological polar surface area (TPSA) is 60.5 Å². The highest BCUT2D eigenvalue weighted by molar-refractivity contribution is 8.00. The molecule has 3 aromatic carbocycles. The van der Waals surface area contributed by atoms with Crippen molar-refractivity contribution >= 4 is 45.5 Å². The van der Waals surface area contributed by atoms with E-state index in [0.717, 1.165) is 49.3 Å². The summed E-state index contributed by atoms with van der Waals surface area (Å²) in [5, 5.41) is 7.09. The second-order valence-corrected chi connectivity index (χ2v) is 8.95. The number of benzene rings is 3. The van der Waals surface area contributed by atoms with Gasteiger partial charge in [-0.15, -0.1) is 11.3 Å². The summed E-state index contributed by atoms with van der Waals surface area (Å²) in [6.45, 7) is 0. The lowest BCUT2D eigenvalue weighted by molar-refractivity contribution is -0.115. The maximum Gasteiger partial charge on any atom is 0.230 e. The maximum atomic E-state index is 12.6. The van der Waals surface area contributed by atoms with E-state index in [1.807, 2.05) is 66.0 Å². The first-order chi connectivity index (χ1) is 15.1. The number of hydrogen-bond acceptors (Lipinski definition) is 6. The van der Waals surface area contributed by atoms with Crippen LogP contribution >= 0.6 is 23.1 Å². The van der Waals surface area contributed by atoms with Gasteiger partial charge in [-0.05, 0) is 29.1 Å². The fourth-order valence-electron chi connectivity index (χ4n) is 3.22. The van der Waals surface area contributed by atoms with E-state index >= 15 is 0 Å². The summed E-state index contributed by atoms with van der Waals surface area (Å²) in [4.78, 5) is 17.2. The number of thiazole rings is 1. The first-order valence-corrected chi connectivity index (χ1v) is 11.6. The largest absolute Gasteiger partial charge is 0.497 e. The Morgan fingerprint density at radius 2 is 1.77 bits per heavy atom. The monoisotopic (exact) mass is 450 g/mol. The molecule has 0 aliphatic carbocycles. The molecule has 0 atom stereocenters. The number of thioether (sulfide) groups is 1. The van der Waals surface area contributed by atoms with Crippen LogP contribution in [0.2, 0.25) is 0 Å². The van der Waals surface area contributed by atoms with E-state index in [4.69, 9.17) is 9.47 Å². The van der Waals surface area contributed by atoms with Gasteiger partial charge in [0.25, 0.3) is 0 Å². The molecule has 1 heterocycles. The molecular weight excluding hydrogens is 428 g/mol. The van der Waals surface area contributed by atoms with Crippen LogP contribution in [0, 0.1) is 0 Å². The molecule has 0 aliphatic heterocycles. The number of ether oxygens (including phenoxy) is 2. The summed E-state index contributed by atoms with van der Waals surface area (Å²) < 4.78 is 11.6. The number of nitrogens with zero attached hydrogens (tertiary/aromatic N) is 1. The van der Waals surface area contributed by atoms with Crippen molar-refractivity contribution in [3.8, 4) is 11.5 Å². The number of methoxy groups -OCH3 is 2. The zero-order chi connectivity index (χ0) is 21.6. The van der Waals surface area contributed by atoms with Gasteiger partial charge in [-0.2, -0.15) is 0 Å².